The third-order valence-electron chi connectivity index (χ3n) is 5.19. The van der Waals surface area contributed by atoms with E-state index in [-0.39, 0.29) is 17.5 Å². The highest BCUT2D eigenvalue weighted by molar-refractivity contribution is 6.31. The Kier molecular flexibility index (Phi) is 6.24. The van der Waals surface area contributed by atoms with Gasteiger partial charge in [0, 0.05) is 25.0 Å². The first-order chi connectivity index (χ1) is 16.0. The molecule has 1 aromatic carbocycles. The zero-order chi connectivity index (χ0) is 24.6. The topological polar surface area (TPSA) is 108 Å². The first-order valence-corrected chi connectivity index (χ1v) is 11.0. The molecule has 10 heteroatoms. The molecule has 4 aromatic rings. The lowest BCUT2D eigenvalue weighted by molar-refractivity contribution is 0.0688. The predicted octanol–water partition coefficient (Wildman–Crippen LogP) is 3.50. The van der Waals surface area contributed by atoms with Crippen molar-refractivity contribution in [2.45, 2.75) is 39.9 Å². The molecule has 0 aliphatic heterocycles. The molecule has 0 aliphatic carbocycles. The Balaban J connectivity index is 1.72. The lowest BCUT2D eigenvalue weighted by Crippen LogP contribution is -2.23. The van der Waals surface area contributed by atoms with Gasteiger partial charge in [-0.25, -0.2) is 9.97 Å². The number of aryl methyl sites for hydroxylation is 3. The van der Waals surface area contributed by atoms with Crippen LogP contribution in [-0.2, 0) is 19.3 Å². The van der Waals surface area contributed by atoms with Gasteiger partial charge in [-0.2, -0.15) is 10.1 Å². The van der Waals surface area contributed by atoms with Crippen LogP contribution in [0.1, 0.15) is 36.8 Å². The van der Waals surface area contributed by atoms with E-state index in [9.17, 15) is 9.90 Å². The molecule has 34 heavy (non-hydrogen) atoms. The molecule has 0 spiro atoms. The van der Waals surface area contributed by atoms with Gasteiger partial charge >= 0.3 is 0 Å². The summed E-state index contributed by atoms with van der Waals surface area (Å²) in [5.41, 5.74) is 1.90. The Bertz CT molecular complexity index is 1420. The lowest BCUT2D eigenvalue weighted by atomic mass is 10.0. The molecular formula is C24H25ClN6O3. The highest BCUT2D eigenvalue weighted by Crippen LogP contribution is 2.27. The van der Waals surface area contributed by atoms with E-state index in [2.05, 4.69) is 20.1 Å². The van der Waals surface area contributed by atoms with Crippen molar-refractivity contribution in [2.24, 2.45) is 7.05 Å². The summed E-state index contributed by atoms with van der Waals surface area (Å²) in [6.07, 6.45) is 3.47. The summed E-state index contributed by atoms with van der Waals surface area (Å²) in [4.78, 5) is 26.4. The van der Waals surface area contributed by atoms with Crippen molar-refractivity contribution in [2.75, 3.05) is 0 Å². The van der Waals surface area contributed by atoms with Gasteiger partial charge in [-0.05, 0) is 51.5 Å². The van der Waals surface area contributed by atoms with Crippen LogP contribution in [0.5, 0.6) is 5.88 Å². The van der Waals surface area contributed by atoms with E-state index in [0.29, 0.717) is 28.7 Å². The monoisotopic (exact) mass is 480 g/mol. The molecule has 4 rings (SSSR count). The zero-order valence-corrected chi connectivity index (χ0v) is 20.3. The van der Waals surface area contributed by atoms with Gasteiger partial charge < -0.3 is 9.84 Å². The zero-order valence-electron chi connectivity index (χ0n) is 19.6. The second-order valence-electron chi connectivity index (χ2n) is 8.52. The largest absolute Gasteiger partial charge is 0.470 e. The van der Waals surface area contributed by atoms with Gasteiger partial charge in [0.15, 0.2) is 10.8 Å². The summed E-state index contributed by atoms with van der Waals surface area (Å²) in [6.45, 7) is 7.00. The van der Waals surface area contributed by atoms with E-state index in [4.69, 9.17) is 16.3 Å². The number of halogens is 1. The second kappa shape index (κ2) is 9.00. The molecule has 0 radical (unpaired) electrons. The van der Waals surface area contributed by atoms with E-state index >= 15 is 0 Å². The molecular weight excluding hydrogens is 456 g/mol. The summed E-state index contributed by atoms with van der Waals surface area (Å²) in [5.74, 6) is 0.786. The van der Waals surface area contributed by atoms with Gasteiger partial charge in [0.2, 0.25) is 5.88 Å². The minimum atomic E-state index is -1.18. The summed E-state index contributed by atoms with van der Waals surface area (Å²) in [7, 11) is 1.81. The number of hydrogen-bond donors (Lipinski definition) is 1. The normalized spacial score (nSPS) is 11.6. The van der Waals surface area contributed by atoms with E-state index in [1.54, 1.807) is 43.9 Å². The second-order valence-corrected chi connectivity index (χ2v) is 8.90. The number of benzene rings is 1. The van der Waals surface area contributed by atoms with Gasteiger partial charge in [0.25, 0.3) is 5.56 Å². The number of rotatable bonds is 6. The number of ether oxygens (including phenoxy) is 1. The fraction of sp³-hybridized carbons (Fsp3) is 0.292. The van der Waals surface area contributed by atoms with Gasteiger partial charge in [-0.15, -0.1) is 0 Å². The van der Waals surface area contributed by atoms with Crippen LogP contribution in [0.4, 0.5) is 0 Å². The van der Waals surface area contributed by atoms with Crippen molar-refractivity contribution >= 4 is 11.6 Å². The number of aromatic nitrogens is 6. The van der Waals surface area contributed by atoms with Crippen molar-refractivity contribution in [1.29, 1.82) is 0 Å². The molecule has 3 heterocycles. The van der Waals surface area contributed by atoms with Crippen LogP contribution in [0.15, 0.2) is 47.5 Å². The first kappa shape index (κ1) is 23.6. The van der Waals surface area contributed by atoms with Crippen molar-refractivity contribution in [3.05, 3.63) is 81.0 Å². The highest BCUT2D eigenvalue weighted by Gasteiger charge is 2.22. The average molecular weight is 481 g/mol. The first-order valence-electron chi connectivity index (χ1n) is 10.6. The Morgan fingerprint density at radius 3 is 2.62 bits per heavy atom. The van der Waals surface area contributed by atoms with E-state index in [1.165, 1.54) is 4.57 Å². The molecule has 0 unspecified atom stereocenters. The average Bonchev–Trinajstić information content (AvgIpc) is 3.20. The number of hydrogen-bond acceptors (Lipinski definition) is 7. The van der Waals surface area contributed by atoms with Crippen LogP contribution >= 0.6 is 11.6 Å². The molecule has 0 fully saturated rings. The summed E-state index contributed by atoms with van der Waals surface area (Å²) < 4.78 is 8.75. The van der Waals surface area contributed by atoms with E-state index in [1.807, 2.05) is 38.2 Å². The molecule has 0 bridgehead atoms. The van der Waals surface area contributed by atoms with Crippen molar-refractivity contribution in [3.8, 4) is 22.8 Å². The van der Waals surface area contributed by atoms with Crippen LogP contribution in [0.3, 0.4) is 0 Å². The highest BCUT2D eigenvalue weighted by atomic mass is 35.5. The van der Waals surface area contributed by atoms with Crippen LogP contribution < -0.4 is 10.3 Å². The molecule has 176 valence electrons. The maximum Gasteiger partial charge on any atom is 0.280 e. The van der Waals surface area contributed by atoms with Gasteiger partial charge in [0.05, 0.1) is 17.1 Å². The molecule has 0 aliphatic rings. The number of aliphatic hydroxyl groups is 1. The molecule has 0 amide bonds. The molecule has 3 aromatic heterocycles. The summed E-state index contributed by atoms with van der Waals surface area (Å²) in [5, 5.41) is 14.4. The Hall–Kier alpha value is -3.56. The van der Waals surface area contributed by atoms with Crippen LogP contribution in [0, 0.1) is 13.8 Å². The molecule has 0 atom stereocenters. The van der Waals surface area contributed by atoms with Crippen LogP contribution in [0.2, 0.25) is 5.02 Å². The fourth-order valence-electron chi connectivity index (χ4n) is 3.49. The van der Waals surface area contributed by atoms with Crippen LogP contribution in [0.25, 0.3) is 16.9 Å². The Morgan fingerprint density at radius 2 is 1.94 bits per heavy atom. The van der Waals surface area contributed by atoms with Crippen LogP contribution in [-0.4, -0.2) is 34.4 Å². The SMILES string of the molecule is Cc1cnc(C(C)(C)O)nc1-c1cccc(-n2c(C)nc(OCc3ccn(C)n3)c(Cl)c2=O)c1. The maximum absolute atomic E-state index is 13.2. The third kappa shape index (κ3) is 4.71. The van der Waals surface area contributed by atoms with Crippen molar-refractivity contribution < 1.29 is 9.84 Å². The minimum Gasteiger partial charge on any atom is -0.470 e. The third-order valence-corrected chi connectivity index (χ3v) is 5.51. The van der Waals surface area contributed by atoms with Gasteiger partial charge in [-0.1, -0.05) is 23.7 Å². The molecule has 0 saturated carbocycles. The summed E-state index contributed by atoms with van der Waals surface area (Å²) >= 11 is 6.35. The predicted molar refractivity (Wildman–Crippen MR) is 128 cm³/mol. The van der Waals surface area contributed by atoms with Gasteiger partial charge in [0.1, 0.15) is 18.0 Å². The lowest BCUT2D eigenvalue weighted by Gasteiger charge is -2.17. The van der Waals surface area contributed by atoms with Gasteiger partial charge in [-0.3, -0.25) is 14.0 Å². The smallest absolute Gasteiger partial charge is 0.280 e. The standard InChI is InChI=1S/C24H25ClN6O3/c1-14-12-26-23(24(3,4)33)28-20(14)16-7-6-8-18(11-16)31-15(2)27-21(19(25)22(31)32)34-13-17-9-10-30(5)29-17/h6-12,33H,13H2,1-5H3. The quantitative estimate of drug-likeness (QED) is 0.450. The molecule has 1 N–H and O–H groups in total. The van der Waals surface area contributed by atoms with E-state index in [0.717, 1.165) is 11.1 Å². The van der Waals surface area contributed by atoms with Crippen molar-refractivity contribution in [1.82, 2.24) is 29.3 Å². The number of nitrogens with zero attached hydrogens (tertiary/aromatic N) is 6. The fourth-order valence-corrected chi connectivity index (χ4v) is 3.67. The maximum atomic E-state index is 13.2. The Labute approximate surface area is 201 Å². The molecule has 9 nitrogen and oxygen atoms in total. The van der Waals surface area contributed by atoms with E-state index < -0.39 is 11.2 Å². The minimum absolute atomic E-state index is 0.0590. The van der Waals surface area contributed by atoms with Crippen molar-refractivity contribution in [3.63, 3.8) is 0 Å². The summed E-state index contributed by atoms with van der Waals surface area (Å²) in [6, 6.07) is 9.13. The molecule has 0 saturated heterocycles. The Morgan fingerprint density at radius 1 is 1.18 bits per heavy atom.